The molecule has 0 saturated carbocycles. The number of rotatable bonds is 4. The Morgan fingerprint density at radius 2 is 2.10 bits per heavy atom. The number of anilines is 1. The number of hydrogen-bond acceptors (Lipinski definition) is 7. The van der Waals surface area contributed by atoms with Crippen LogP contribution in [0.5, 0.6) is 0 Å². The van der Waals surface area contributed by atoms with Crippen molar-refractivity contribution >= 4 is 29.6 Å². The highest BCUT2D eigenvalue weighted by atomic mass is 19.1. The number of nitrogens with zero attached hydrogens (tertiary/aromatic N) is 2. The number of amides is 2. The first kappa shape index (κ1) is 18.4. The molecule has 0 spiro atoms. The number of piperidine rings is 1. The van der Waals surface area contributed by atoms with Crippen LogP contribution in [0.1, 0.15) is 36.4 Å². The van der Waals surface area contributed by atoms with E-state index in [2.05, 4.69) is 10.6 Å². The summed E-state index contributed by atoms with van der Waals surface area (Å²) in [5, 5.41) is 5.65. The smallest absolute Gasteiger partial charge is 0.243 e. The molecular formula is C20H21FN4O4. The maximum absolute atomic E-state index is 15.7. The number of hydrogen-bond donors (Lipinski definition) is 2. The van der Waals surface area contributed by atoms with Gasteiger partial charge in [-0.3, -0.25) is 29.4 Å². The highest BCUT2D eigenvalue weighted by molar-refractivity contribution is 6.27. The van der Waals surface area contributed by atoms with Gasteiger partial charge in [-0.15, -0.1) is 0 Å². The molecule has 5 rings (SSSR count). The lowest BCUT2D eigenvalue weighted by atomic mass is 9.97. The summed E-state index contributed by atoms with van der Waals surface area (Å²) in [6.45, 7) is 1.67. The van der Waals surface area contributed by atoms with Gasteiger partial charge in [0.25, 0.3) is 0 Å². The maximum atomic E-state index is 15.7. The van der Waals surface area contributed by atoms with Crippen LogP contribution in [0.15, 0.2) is 12.1 Å². The Bertz CT molecular complexity index is 935. The van der Waals surface area contributed by atoms with Crippen molar-refractivity contribution in [2.45, 2.75) is 50.0 Å². The summed E-state index contributed by atoms with van der Waals surface area (Å²) in [5.74, 6) is -2.16. The third-order valence-corrected chi connectivity index (χ3v) is 6.57. The fraction of sp³-hybridized carbons (Fsp3) is 0.500. The van der Waals surface area contributed by atoms with Gasteiger partial charge < -0.3 is 10.2 Å². The van der Waals surface area contributed by atoms with Crippen molar-refractivity contribution in [3.8, 4) is 0 Å². The van der Waals surface area contributed by atoms with Crippen molar-refractivity contribution in [1.82, 2.24) is 15.5 Å². The summed E-state index contributed by atoms with van der Waals surface area (Å²) in [6.07, 6.45) is 1.52. The number of piperazine rings is 1. The quantitative estimate of drug-likeness (QED) is 0.411. The van der Waals surface area contributed by atoms with E-state index in [9.17, 15) is 19.2 Å². The number of Topliss-reactive ketones (excluding diaryl/α,β-unsaturated/α-hetero) is 1. The molecule has 3 saturated heterocycles. The molecule has 9 heteroatoms. The van der Waals surface area contributed by atoms with Crippen LogP contribution in [0.3, 0.4) is 0 Å². The molecule has 4 aliphatic rings. The molecule has 8 nitrogen and oxygen atoms in total. The second kappa shape index (κ2) is 6.70. The molecule has 2 bridgehead atoms. The van der Waals surface area contributed by atoms with E-state index in [0.29, 0.717) is 23.8 Å². The molecular weight excluding hydrogens is 379 g/mol. The first-order valence-corrected chi connectivity index (χ1v) is 9.87. The molecule has 1 aromatic carbocycles. The van der Waals surface area contributed by atoms with Gasteiger partial charge in [-0.05, 0) is 24.5 Å². The summed E-state index contributed by atoms with van der Waals surface area (Å²) < 4.78 is 15.7. The van der Waals surface area contributed by atoms with E-state index in [4.69, 9.17) is 0 Å². The minimum absolute atomic E-state index is 0.142. The summed E-state index contributed by atoms with van der Waals surface area (Å²) >= 11 is 0. The average molecular weight is 400 g/mol. The van der Waals surface area contributed by atoms with Crippen molar-refractivity contribution in [1.29, 1.82) is 0 Å². The number of aldehydes is 1. The maximum Gasteiger partial charge on any atom is 0.243 e. The predicted octanol–water partition coefficient (Wildman–Crippen LogP) is -0.194. The van der Waals surface area contributed by atoms with E-state index >= 15 is 4.39 Å². The van der Waals surface area contributed by atoms with Gasteiger partial charge in [-0.25, -0.2) is 4.39 Å². The Hall–Kier alpha value is -2.65. The zero-order chi connectivity index (χ0) is 20.3. The van der Waals surface area contributed by atoms with Crippen LogP contribution in [-0.2, 0) is 25.7 Å². The molecule has 1 aromatic rings. The number of fused-ring (bicyclic) bond motifs is 3. The molecule has 0 radical (unpaired) electrons. The summed E-state index contributed by atoms with van der Waals surface area (Å²) in [4.78, 5) is 51.3. The van der Waals surface area contributed by atoms with Crippen LogP contribution in [0.25, 0.3) is 0 Å². The Kier molecular flexibility index (Phi) is 4.25. The van der Waals surface area contributed by atoms with Gasteiger partial charge in [-0.1, -0.05) is 6.07 Å². The molecule has 2 amide bonds. The lowest BCUT2D eigenvalue weighted by molar-refractivity contribution is -0.141. The van der Waals surface area contributed by atoms with Crippen LogP contribution in [0.2, 0.25) is 0 Å². The van der Waals surface area contributed by atoms with E-state index in [1.54, 1.807) is 17.0 Å². The first-order chi connectivity index (χ1) is 14.0. The number of imide groups is 1. The number of carbonyl (C=O) groups excluding carboxylic acids is 4. The van der Waals surface area contributed by atoms with Gasteiger partial charge in [0.05, 0.1) is 11.7 Å². The highest BCUT2D eigenvalue weighted by Gasteiger charge is 2.46. The second-order valence-corrected chi connectivity index (χ2v) is 8.18. The van der Waals surface area contributed by atoms with Gasteiger partial charge in [0.1, 0.15) is 6.04 Å². The third-order valence-electron chi connectivity index (χ3n) is 6.57. The Morgan fingerprint density at radius 3 is 2.76 bits per heavy atom. The minimum atomic E-state index is -1.15. The minimum Gasteiger partial charge on any atom is -0.363 e. The normalized spacial score (nSPS) is 31.1. The topological polar surface area (TPSA) is 98.8 Å². The van der Waals surface area contributed by atoms with Crippen LogP contribution >= 0.6 is 0 Å². The van der Waals surface area contributed by atoms with E-state index in [1.807, 2.05) is 4.90 Å². The molecule has 29 heavy (non-hydrogen) atoms. The van der Waals surface area contributed by atoms with E-state index < -0.39 is 29.6 Å². The first-order valence-electron chi connectivity index (χ1n) is 9.87. The number of nitrogens with one attached hydrogen (secondary N) is 2. The number of halogens is 1. The Labute approximate surface area is 166 Å². The third kappa shape index (κ3) is 2.79. The van der Waals surface area contributed by atoms with E-state index in [0.717, 1.165) is 13.0 Å². The summed E-state index contributed by atoms with van der Waals surface area (Å²) in [7, 11) is 0. The van der Waals surface area contributed by atoms with Gasteiger partial charge in [0.2, 0.25) is 17.6 Å². The van der Waals surface area contributed by atoms with Crippen LogP contribution in [0.4, 0.5) is 10.1 Å². The van der Waals surface area contributed by atoms with Crippen LogP contribution in [-0.4, -0.2) is 60.0 Å². The zero-order valence-electron chi connectivity index (χ0n) is 15.7. The standard InChI is InChI=1S/C20H21FN4O4/c21-18-13(24-8-11-5-12(24)6-22-11)2-1-10-7-25(19(17(10)18)15(27)9-26)14-3-4-16(28)23-20(14)29/h1-2,9,11-12,14,19,22H,3-8H2,(H,23,28,29). The summed E-state index contributed by atoms with van der Waals surface area (Å²) in [5.41, 5.74) is 1.21. The largest absolute Gasteiger partial charge is 0.363 e. The fourth-order valence-electron chi connectivity index (χ4n) is 5.25. The number of ketones is 1. The molecule has 4 atom stereocenters. The van der Waals surface area contributed by atoms with Gasteiger partial charge >= 0.3 is 0 Å². The predicted molar refractivity (Wildman–Crippen MR) is 99.5 cm³/mol. The molecule has 2 N–H and O–H groups in total. The number of benzene rings is 1. The molecule has 0 aromatic heterocycles. The van der Waals surface area contributed by atoms with Crippen molar-refractivity contribution in [3.05, 3.63) is 29.1 Å². The Morgan fingerprint density at radius 1 is 1.28 bits per heavy atom. The van der Waals surface area contributed by atoms with E-state index in [1.165, 1.54) is 0 Å². The Balaban J connectivity index is 1.53. The lowest BCUT2D eigenvalue weighted by Crippen LogP contribution is -2.52. The molecule has 3 fully saturated rings. The van der Waals surface area contributed by atoms with Crippen molar-refractivity contribution in [2.24, 2.45) is 0 Å². The van der Waals surface area contributed by atoms with Crippen LogP contribution in [0, 0.1) is 5.82 Å². The molecule has 4 heterocycles. The van der Waals surface area contributed by atoms with Crippen molar-refractivity contribution < 1.29 is 23.6 Å². The molecule has 152 valence electrons. The van der Waals surface area contributed by atoms with Crippen LogP contribution < -0.4 is 15.5 Å². The summed E-state index contributed by atoms with van der Waals surface area (Å²) in [6, 6.07) is 2.14. The van der Waals surface area contributed by atoms with Gasteiger partial charge in [0, 0.05) is 43.7 Å². The van der Waals surface area contributed by atoms with Crippen molar-refractivity contribution in [2.75, 3.05) is 18.0 Å². The molecule has 4 unspecified atom stereocenters. The lowest BCUT2D eigenvalue weighted by Gasteiger charge is -2.33. The SMILES string of the molecule is O=CC(=O)C1c2c(ccc(N3CC4CC3CN4)c2F)CN1C1CCC(=O)NC1=O. The second-order valence-electron chi connectivity index (χ2n) is 8.18. The number of carbonyl (C=O) groups is 4. The monoisotopic (exact) mass is 400 g/mol. The molecule has 4 aliphatic heterocycles. The fourth-order valence-corrected chi connectivity index (χ4v) is 5.25. The van der Waals surface area contributed by atoms with Gasteiger partial charge in [0.15, 0.2) is 12.1 Å². The molecule has 0 aliphatic carbocycles. The van der Waals surface area contributed by atoms with Gasteiger partial charge in [-0.2, -0.15) is 0 Å². The van der Waals surface area contributed by atoms with E-state index in [-0.39, 0.29) is 43.2 Å². The van der Waals surface area contributed by atoms with Crippen molar-refractivity contribution in [3.63, 3.8) is 0 Å². The highest BCUT2D eigenvalue weighted by Crippen LogP contribution is 2.43. The zero-order valence-corrected chi connectivity index (χ0v) is 15.7. The average Bonchev–Trinajstić information content (AvgIpc) is 3.41.